The van der Waals surface area contributed by atoms with Crippen LogP contribution in [0.5, 0.6) is 0 Å². The summed E-state index contributed by atoms with van der Waals surface area (Å²) in [4.78, 5) is 26.0. The Balaban J connectivity index is 1.92. The van der Waals surface area contributed by atoms with Gasteiger partial charge in [0.25, 0.3) is 5.91 Å². The lowest BCUT2D eigenvalue weighted by atomic mass is 10.1. The summed E-state index contributed by atoms with van der Waals surface area (Å²) in [6.45, 7) is 5.45. The fraction of sp³-hybridized carbons (Fsp3) is 0.529. The summed E-state index contributed by atoms with van der Waals surface area (Å²) in [6, 6.07) is 7.40. The molecule has 1 saturated heterocycles. The van der Waals surface area contributed by atoms with Gasteiger partial charge in [0.05, 0.1) is 5.54 Å². The van der Waals surface area contributed by atoms with Gasteiger partial charge in [-0.15, -0.1) is 0 Å². The molecule has 1 aliphatic rings. The van der Waals surface area contributed by atoms with Crippen LogP contribution in [0, 0.1) is 0 Å². The van der Waals surface area contributed by atoms with E-state index < -0.39 is 5.54 Å². The van der Waals surface area contributed by atoms with E-state index in [1.54, 1.807) is 13.8 Å². The first-order valence-electron chi connectivity index (χ1n) is 7.83. The van der Waals surface area contributed by atoms with Gasteiger partial charge >= 0.3 is 0 Å². The second kappa shape index (κ2) is 6.92. The van der Waals surface area contributed by atoms with Crippen molar-refractivity contribution in [3.8, 4) is 0 Å². The molecule has 5 nitrogen and oxygen atoms in total. The van der Waals surface area contributed by atoms with Gasteiger partial charge in [-0.2, -0.15) is 0 Å². The monoisotopic (exact) mass is 303 g/mol. The van der Waals surface area contributed by atoms with Crippen molar-refractivity contribution in [3.63, 3.8) is 0 Å². The van der Waals surface area contributed by atoms with E-state index in [0.717, 1.165) is 31.5 Å². The molecule has 2 rings (SSSR count). The fourth-order valence-corrected chi connectivity index (χ4v) is 2.45. The van der Waals surface area contributed by atoms with Crippen LogP contribution in [0.25, 0.3) is 0 Å². The number of piperidine rings is 1. The van der Waals surface area contributed by atoms with Crippen molar-refractivity contribution in [2.45, 2.75) is 45.2 Å². The van der Waals surface area contributed by atoms with Crippen LogP contribution in [0.3, 0.4) is 0 Å². The third-order valence-corrected chi connectivity index (χ3v) is 3.88. The van der Waals surface area contributed by atoms with Gasteiger partial charge in [0.15, 0.2) is 0 Å². The quantitative estimate of drug-likeness (QED) is 0.888. The fourth-order valence-electron chi connectivity index (χ4n) is 2.45. The molecule has 1 aliphatic heterocycles. The zero-order chi connectivity index (χ0) is 16.2. The van der Waals surface area contributed by atoms with Crippen LogP contribution in [-0.4, -0.2) is 35.3 Å². The van der Waals surface area contributed by atoms with Crippen molar-refractivity contribution >= 4 is 11.8 Å². The molecule has 1 heterocycles. The van der Waals surface area contributed by atoms with Gasteiger partial charge in [-0.3, -0.25) is 9.59 Å². The first kappa shape index (κ1) is 16.5. The van der Waals surface area contributed by atoms with Crippen molar-refractivity contribution in [2.75, 3.05) is 13.1 Å². The average molecular weight is 303 g/mol. The van der Waals surface area contributed by atoms with E-state index in [9.17, 15) is 9.59 Å². The summed E-state index contributed by atoms with van der Waals surface area (Å²) >= 11 is 0. The normalized spacial score (nSPS) is 15.5. The molecular weight excluding hydrogens is 278 g/mol. The summed E-state index contributed by atoms with van der Waals surface area (Å²) < 4.78 is 0. The minimum Gasteiger partial charge on any atom is -0.350 e. The lowest BCUT2D eigenvalue weighted by Gasteiger charge is -2.26. The lowest BCUT2D eigenvalue weighted by Crippen LogP contribution is -2.48. The van der Waals surface area contributed by atoms with Crippen molar-refractivity contribution < 1.29 is 9.59 Å². The number of rotatable bonds is 4. The number of hydrogen-bond donors (Lipinski definition) is 2. The van der Waals surface area contributed by atoms with Crippen LogP contribution in [0.4, 0.5) is 0 Å². The van der Waals surface area contributed by atoms with Gasteiger partial charge in [-0.25, -0.2) is 0 Å². The topological polar surface area (TPSA) is 75.4 Å². The highest BCUT2D eigenvalue weighted by Gasteiger charge is 2.21. The summed E-state index contributed by atoms with van der Waals surface area (Å²) in [5, 5.41) is 2.79. The van der Waals surface area contributed by atoms with E-state index in [0.29, 0.717) is 12.1 Å². The Morgan fingerprint density at radius 2 is 1.73 bits per heavy atom. The van der Waals surface area contributed by atoms with Gasteiger partial charge < -0.3 is 16.0 Å². The molecule has 0 aliphatic carbocycles. The summed E-state index contributed by atoms with van der Waals surface area (Å²) in [5.41, 5.74) is 6.50. The molecule has 1 aromatic carbocycles. The molecule has 22 heavy (non-hydrogen) atoms. The largest absolute Gasteiger partial charge is 0.350 e. The highest BCUT2D eigenvalue weighted by Crippen LogP contribution is 2.14. The zero-order valence-corrected chi connectivity index (χ0v) is 13.4. The van der Waals surface area contributed by atoms with E-state index in [1.807, 2.05) is 29.2 Å². The Morgan fingerprint density at radius 1 is 1.14 bits per heavy atom. The van der Waals surface area contributed by atoms with Gasteiger partial charge in [0.1, 0.15) is 0 Å². The molecule has 0 aromatic heterocycles. The number of likely N-dealkylation sites (tertiary alicyclic amines) is 1. The number of hydrogen-bond acceptors (Lipinski definition) is 3. The Bertz CT molecular complexity index is 526. The smallest absolute Gasteiger partial charge is 0.253 e. The van der Waals surface area contributed by atoms with Crippen LogP contribution in [0.2, 0.25) is 0 Å². The molecule has 3 N–H and O–H groups in total. The number of carbonyl (C=O) groups excluding carboxylic acids is 2. The van der Waals surface area contributed by atoms with E-state index >= 15 is 0 Å². The van der Waals surface area contributed by atoms with E-state index in [-0.39, 0.29) is 11.8 Å². The Hall–Kier alpha value is -1.88. The van der Waals surface area contributed by atoms with Gasteiger partial charge in [0.2, 0.25) is 5.91 Å². The highest BCUT2D eigenvalue weighted by atomic mass is 16.2. The number of nitrogens with zero attached hydrogens (tertiary/aromatic N) is 1. The Labute approximate surface area is 131 Å². The van der Waals surface area contributed by atoms with Crippen LogP contribution in [-0.2, 0) is 11.3 Å². The third-order valence-electron chi connectivity index (χ3n) is 3.88. The molecule has 0 spiro atoms. The van der Waals surface area contributed by atoms with Crippen molar-refractivity contribution in [1.82, 2.24) is 10.2 Å². The molecule has 120 valence electrons. The summed E-state index contributed by atoms with van der Waals surface area (Å²) in [6.07, 6.45) is 3.38. The van der Waals surface area contributed by atoms with Crippen LogP contribution < -0.4 is 11.1 Å². The minimum atomic E-state index is -0.885. The van der Waals surface area contributed by atoms with Gasteiger partial charge in [-0.1, -0.05) is 12.1 Å². The minimum absolute atomic E-state index is 0.0957. The Morgan fingerprint density at radius 3 is 2.27 bits per heavy atom. The first-order valence-corrected chi connectivity index (χ1v) is 7.83. The molecule has 0 bridgehead atoms. The zero-order valence-electron chi connectivity index (χ0n) is 13.4. The predicted octanol–water partition coefficient (Wildman–Crippen LogP) is 1.67. The average Bonchev–Trinajstić information content (AvgIpc) is 2.52. The van der Waals surface area contributed by atoms with Crippen molar-refractivity contribution in [2.24, 2.45) is 5.73 Å². The number of carbonyl (C=O) groups is 2. The molecule has 5 heteroatoms. The van der Waals surface area contributed by atoms with Crippen molar-refractivity contribution in [3.05, 3.63) is 35.4 Å². The van der Waals surface area contributed by atoms with Crippen LogP contribution in [0.1, 0.15) is 49.0 Å². The molecule has 0 unspecified atom stereocenters. The van der Waals surface area contributed by atoms with E-state index in [1.165, 1.54) is 6.42 Å². The number of amides is 2. The summed E-state index contributed by atoms with van der Waals surface area (Å²) in [7, 11) is 0. The Kier molecular flexibility index (Phi) is 5.19. The molecule has 0 saturated carbocycles. The number of benzene rings is 1. The highest BCUT2D eigenvalue weighted by molar-refractivity contribution is 5.94. The summed E-state index contributed by atoms with van der Waals surface area (Å²) in [5.74, 6) is -0.0978. The molecule has 0 radical (unpaired) electrons. The maximum atomic E-state index is 12.3. The second-order valence-electron chi connectivity index (χ2n) is 6.45. The predicted molar refractivity (Wildman–Crippen MR) is 86.3 cm³/mol. The van der Waals surface area contributed by atoms with Crippen molar-refractivity contribution in [1.29, 1.82) is 0 Å². The maximum absolute atomic E-state index is 12.3. The number of nitrogens with two attached hydrogens (primary N) is 1. The van der Waals surface area contributed by atoms with Gasteiger partial charge in [0, 0.05) is 25.2 Å². The molecule has 0 atom stereocenters. The van der Waals surface area contributed by atoms with Crippen LogP contribution in [0.15, 0.2) is 24.3 Å². The SMILES string of the molecule is CC(C)(N)C(=O)NCc1ccc(C(=O)N2CCCCC2)cc1. The standard InChI is InChI=1S/C17H25N3O2/c1-17(2,18)16(22)19-12-13-6-8-14(9-7-13)15(21)20-10-4-3-5-11-20/h6-9H,3-5,10-12,18H2,1-2H3,(H,19,22). The maximum Gasteiger partial charge on any atom is 0.253 e. The van der Waals surface area contributed by atoms with E-state index in [2.05, 4.69) is 5.32 Å². The molecule has 2 amide bonds. The molecule has 1 fully saturated rings. The lowest BCUT2D eigenvalue weighted by molar-refractivity contribution is -0.125. The third kappa shape index (κ3) is 4.31. The first-order chi connectivity index (χ1) is 10.4. The number of nitrogens with one attached hydrogen (secondary N) is 1. The molecular formula is C17H25N3O2. The van der Waals surface area contributed by atoms with E-state index in [4.69, 9.17) is 5.73 Å². The molecule has 1 aromatic rings. The second-order valence-corrected chi connectivity index (χ2v) is 6.45. The van der Waals surface area contributed by atoms with Gasteiger partial charge in [-0.05, 0) is 50.8 Å². The van der Waals surface area contributed by atoms with Crippen LogP contribution >= 0.6 is 0 Å².